The molecule has 1 heterocycles. The molecule has 18 heavy (non-hydrogen) atoms. The Bertz CT molecular complexity index is 479. The number of benzene rings is 1. The van der Waals surface area contributed by atoms with E-state index >= 15 is 0 Å². The predicted molar refractivity (Wildman–Crippen MR) is 67.8 cm³/mol. The van der Waals surface area contributed by atoms with Gasteiger partial charge in [-0.15, -0.1) is 0 Å². The summed E-state index contributed by atoms with van der Waals surface area (Å²) >= 11 is 0. The van der Waals surface area contributed by atoms with Crippen molar-refractivity contribution in [1.29, 1.82) is 0 Å². The number of hydrogen-bond donors (Lipinski definition) is 3. The molecular weight excluding hydrogens is 232 g/mol. The minimum absolute atomic E-state index is 0.156. The summed E-state index contributed by atoms with van der Waals surface area (Å²) in [6.45, 7) is 2.55. The molecule has 0 saturated carbocycles. The first-order valence-electron chi connectivity index (χ1n) is 5.97. The third-order valence-electron chi connectivity index (χ3n) is 3.12. The summed E-state index contributed by atoms with van der Waals surface area (Å²) in [7, 11) is 0. The largest absolute Gasteiger partial charge is 0.478 e. The van der Waals surface area contributed by atoms with Crippen LogP contribution in [0.25, 0.3) is 0 Å². The Morgan fingerprint density at radius 1 is 1.44 bits per heavy atom. The molecule has 2 rings (SSSR count). The fourth-order valence-corrected chi connectivity index (χ4v) is 2.18. The Morgan fingerprint density at radius 3 is 2.83 bits per heavy atom. The lowest BCUT2D eigenvalue weighted by atomic mass is 10.1. The van der Waals surface area contributed by atoms with Crippen LogP contribution in [0.1, 0.15) is 28.8 Å². The van der Waals surface area contributed by atoms with Crippen molar-refractivity contribution < 1.29 is 14.7 Å². The lowest BCUT2D eigenvalue weighted by Crippen LogP contribution is -2.35. The lowest BCUT2D eigenvalue weighted by molar-refractivity contribution is -0.117. The van der Waals surface area contributed by atoms with E-state index in [1.165, 1.54) is 0 Å². The highest BCUT2D eigenvalue weighted by Crippen LogP contribution is 2.20. The molecule has 0 aromatic heterocycles. The van der Waals surface area contributed by atoms with Gasteiger partial charge in [0.1, 0.15) is 0 Å². The van der Waals surface area contributed by atoms with E-state index in [1.807, 2.05) is 0 Å². The van der Waals surface area contributed by atoms with Gasteiger partial charge in [0.25, 0.3) is 0 Å². The number of hydrogen-bond acceptors (Lipinski definition) is 3. The fraction of sp³-hybridized carbons (Fsp3) is 0.385. The second-order valence-electron chi connectivity index (χ2n) is 4.44. The SMILES string of the molecule is Cc1cccc(NC(=O)[C@@H]2CCCN2)c1C(=O)O. The molecule has 1 saturated heterocycles. The first-order valence-corrected chi connectivity index (χ1v) is 5.97. The van der Waals surface area contributed by atoms with Gasteiger partial charge in [-0.05, 0) is 37.9 Å². The minimum Gasteiger partial charge on any atom is -0.478 e. The average molecular weight is 248 g/mol. The number of carbonyl (C=O) groups is 2. The normalized spacial score (nSPS) is 18.6. The van der Waals surface area contributed by atoms with Gasteiger partial charge >= 0.3 is 5.97 Å². The molecule has 0 bridgehead atoms. The van der Waals surface area contributed by atoms with Crippen LogP contribution in [0.4, 0.5) is 5.69 Å². The van der Waals surface area contributed by atoms with Gasteiger partial charge in [0, 0.05) is 0 Å². The number of aromatic carboxylic acids is 1. The Kier molecular flexibility index (Phi) is 3.62. The van der Waals surface area contributed by atoms with Gasteiger partial charge in [0.2, 0.25) is 5.91 Å². The monoisotopic (exact) mass is 248 g/mol. The van der Waals surface area contributed by atoms with Gasteiger partial charge in [-0.1, -0.05) is 12.1 Å². The molecule has 1 fully saturated rings. The molecule has 1 aliphatic rings. The zero-order valence-corrected chi connectivity index (χ0v) is 10.2. The second kappa shape index (κ2) is 5.18. The van der Waals surface area contributed by atoms with Gasteiger partial charge in [0.05, 0.1) is 17.3 Å². The molecular formula is C13H16N2O3. The maximum atomic E-state index is 11.9. The molecule has 5 nitrogen and oxygen atoms in total. The van der Waals surface area contributed by atoms with Crippen LogP contribution >= 0.6 is 0 Å². The Hall–Kier alpha value is -1.88. The van der Waals surface area contributed by atoms with Gasteiger partial charge < -0.3 is 15.7 Å². The lowest BCUT2D eigenvalue weighted by Gasteiger charge is -2.14. The molecule has 0 aliphatic carbocycles. The van der Waals surface area contributed by atoms with Crippen molar-refractivity contribution in [3.8, 4) is 0 Å². The molecule has 1 aliphatic heterocycles. The van der Waals surface area contributed by atoms with Crippen molar-refractivity contribution in [1.82, 2.24) is 5.32 Å². The van der Waals surface area contributed by atoms with Gasteiger partial charge in [-0.25, -0.2) is 4.79 Å². The summed E-state index contributed by atoms with van der Waals surface area (Å²) in [5.74, 6) is -1.19. The molecule has 1 aromatic carbocycles. The van der Waals surface area contributed by atoms with Crippen LogP contribution in [0, 0.1) is 6.92 Å². The molecule has 1 aromatic rings. The summed E-state index contributed by atoms with van der Waals surface area (Å²) < 4.78 is 0. The minimum atomic E-state index is -1.03. The highest BCUT2D eigenvalue weighted by Gasteiger charge is 2.23. The van der Waals surface area contributed by atoms with Gasteiger partial charge in [-0.2, -0.15) is 0 Å². The van der Waals surface area contributed by atoms with Crippen LogP contribution in [0.2, 0.25) is 0 Å². The highest BCUT2D eigenvalue weighted by molar-refractivity contribution is 6.03. The Labute approximate surface area is 105 Å². The topological polar surface area (TPSA) is 78.4 Å². The molecule has 1 atom stereocenters. The number of carboxylic acids is 1. The van der Waals surface area contributed by atoms with Crippen LogP contribution in [0.15, 0.2) is 18.2 Å². The number of amides is 1. The van der Waals surface area contributed by atoms with E-state index in [0.717, 1.165) is 19.4 Å². The van der Waals surface area contributed by atoms with Crippen molar-refractivity contribution >= 4 is 17.6 Å². The molecule has 5 heteroatoms. The molecule has 0 unspecified atom stereocenters. The third-order valence-corrected chi connectivity index (χ3v) is 3.12. The Morgan fingerprint density at radius 2 is 2.22 bits per heavy atom. The fourth-order valence-electron chi connectivity index (χ4n) is 2.18. The van der Waals surface area contributed by atoms with Crippen molar-refractivity contribution in [2.24, 2.45) is 0 Å². The van der Waals surface area contributed by atoms with Crippen molar-refractivity contribution in [3.63, 3.8) is 0 Å². The summed E-state index contributed by atoms with van der Waals surface area (Å²) in [4.78, 5) is 23.1. The number of carboxylic acid groups (broad SMARTS) is 1. The van der Waals surface area contributed by atoms with E-state index < -0.39 is 5.97 Å². The number of nitrogens with one attached hydrogen (secondary N) is 2. The molecule has 96 valence electrons. The van der Waals surface area contributed by atoms with Crippen LogP contribution in [0.5, 0.6) is 0 Å². The first-order chi connectivity index (χ1) is 8.59. The van der Waals surface area contributed by atoms with E-state index in [0.29, 0.717) is 11.3 Å². The number of anilines is 1. The zero-order valence-electron chi connectivity index (χ0n) is 10.2. The van der Waals surface area contributed by atoms with E-state index in [9.17, 15) is 9.59 Å². The number of rotatable bonds is 3. The first kappa shape index (κ1) is 12.6. The van der Waals surface area contributed by atoms with Crippen molar-refractivity contribution in [2.75, 3.05) is 11.9 Å². The van der Waals surface area contributed by atoms with Gasteiger partial charge in [0.15, 0.2) is 0 Å². The Balaban J connectivity index is 2.20. The molecule has 3 N–H and O–H groups in total. The summed E-state index contributed by atoms with van der Waals surface area (Å²) in [6.07, 6.45) is 1.76. The second-order valence-corrected chi connectivity index (χ2v) is 4.44. The number of aryl methyl sites for hydroxylation is 1. The zero-order chi connectivity index (χ0) is 13.1. The third kappa shape index (κ3) is 2.51. The van der Waals surface area contributed by atoms with Crippen molar-refractivity contribution in [3.05, 3.63) is 29.3 Å². The molecule has 1 amide bonds. The van der Waals surface area contributed by atoms with Gasteiger partial charge in [-0.3, -0.25) is 4.79 Å². The quantitative estimate of drug-likeness (QED) is 0.755. The summed E-state index contributed by atoms with van der Waals surface area (Å²) in [6, 6.07) is 4.85. The van der Waals surface area contributed by atoms with E-state index in [-0.39, 0.29) is 17.5 Å². The molecule has 0 spiro atoms. The van der Waals surface area contributed by atoms with Crippen LogP contribution in [-0.2, 0) is 4.79 Å². The van der Waals surface area contributed by atoms with Crippen molar-refractivity contribution in [2.45, 2.75) is 25.8 Å². The average Bonchev–Trinajstić information content (AvgIpc) is 2.81. The maximum Gasteiger partial charge on any atom is 0.338 e. The van der Waals surface area contributed by atoms with Crippen LogP contribution in [0.3, 0.4) is 0 Å². The standard InChI is InChI=1S/C13H16N2O3/c1-8-4-2-5-9(11(8)13(17)18)15-12(16)10-6-3-7-14-10/h2,4-5,10,14H,3,6-7H2,1H3,(H,15,16)(H,17,18)/t10-/m0/s1. The molecule has 0 radical (unpaired) electrons. The summed E-state index contributed by atoms with van der Waals surface area (Å²) in [5.41, 5.74) is 1.16. The summed E-state index contributed by atoms with van der Waals surface area (Å²) in [5, 5.41) is 14.9. The van der Waals surface area contributed by atoms with E-state index in [2.05, 4.69) is 10.6 Å². The van der Waals surface area contributed by atoms with Crippen LogP contribution < -0.4 is 10.6 Å². The predicted octanol–water partition coefficient (Wildman–Crippen LogP) is 1.38. The highest BCUT2D eigenvalue weighted by atomic mass is 16.4. The van der Waals surface area contributed by atoms with E-state index in [1.54, 1.807) is 25.1 Å². The van der Waals surface area contributed by atoms with E-state index in [4.69, 9.17) is 5.11 Å². The smallest absolute Gasteiger partial charge is 0.338 e. The maximum absolute atomic E-state index is 11.9. The van der Waals surface area contributed by atoms with Crippen LogP contribution in [-0.4, -0.2) is 29.6 Å². The number of carbonyl (C=O) groups excluding carboxylic acids is 1.